The monoisotopic (exact) mass is 385 g/mol. The lowest BCUT2D eigenvalue weighted by Crippen LogP contribution is -2.35. The van der Waals surface area contributed by atoms with Gasteiger partial charge in [0.25, 0.3) is 0 Å². The van der Waals surface area contributed by atoms with Gasteiger partial charge in [0.2, 0.25) is 5.91 Å². The molecule has 1 aliphatic carbocycles. The lowest BCUT2D eigenvalue weighted by atomic mass is 10.1. The van der Waals surface area contributed by atoms with Crippen molar-refractivity contribution in [1.82, 2.24) is 14.9 Å². The Morgan fingerprint density at radius 1 is 1.33 bits per heavy atom. The van der Waals surface area contributed by atoms with Gasteiger partial charge in [-0.3, -0.25) is 4.79 Å². The van der Waals surface area contributed by atoms with Crippen molar-refractivity contribution in [3.63, 3.8) is 0 Å². The van der Waals surface area contributed by atoms with Gasteiger partial charge in [-0.25, -0.2) is 4.98 Å². The fraction of sp³-hybridized carbons (Fsp3) is 0.524. The molecule has 27 heavy (non-hydrogen) atoms. The minimum atomic E-state index is 0.0901. The van der Waals surface area contributed by atoms with Crippen molar-refractivity contribution in [2.24, 2.45) is 5.92 Å². The second kappa shape index (κ2) is 8.48. The van der Waals surface area contributed by atoms with Gasteiger partial charge in [-0.2, -0.15) is 0 Å². The first-order valence-electron chi connectivity index (χ1n) is 9.85. The molecule has 2 atom stereocenters. The molecule has 1 saturated carbocycles. The molecule has 2 aromatic rings. The lowest BCUT2D eigenvalue weighted by Gasteiger charge is -2.16. The Hall–Kier alpha value is -1.79. The van der Waals surface area contributed by atoms with E-state index in [4.69, 9.17) is 4.74 Å². The van der Waals surface area contributed by atoms with E-state index < -0.39 is 0 Å². The number of hydrogen-bond donors (Lipinski definition) is 1. The standard InChI is InChI=1S/C21H27N3O2S/c1-15(16-9-10-16)23-20(25)14-27-21-22-12-19(17-6-3-2-4-7-17)24(21)13-18-8-5-11-26-18/h2-4,6-7,12,15-16,18H,5,8-11,13-14H2,1H3,(H,23,25). The summed E-state index contributed by atoms with van der Waals surface area (Å²) in [7, 11) is 0. The first kappa shape index (κ1) is 18.6. The van der Waals surface area contributed by atoms with Crippen LogP contribution in [0, 0.1) is 5.92 Å². The van der Waals surface area contributed by atoms with Gasteiger partial charge in [-0.1, -0.05) is 42.1 Å². The molecule has 1 aromatic heterocycles. The summed E-state index contributed by atoms with van der Waals surface area (Å²) in [5.74, 6) is 1.16. The molecular weight excluding hydrogens is 358 g/mol. The van der Waals surface area contributed by atoms with Crippen molar-refractivity contribution in [2.45, 2.75) is 56.5 Å². The van der Waals surface area contributed by atoms with E-state index in [-0.39, 0.29) is 18.1 Å². The van der Waals surface area contributed by atoms with E-state index in [0.29, 0.717) is 11.7 Å². The molecule has 0 radical (unpaired) electrons. The van der Waals surface area contributed by atoms with Gasteiger partial charge in [-0.15, -0.1) is 0 Å². The van der Waals surface area contributed by atoms with Crippen molar-refractivity contribution >= 4 is 17.7 Å². The van der Waals surface area contributed by atoms with Crippen LogP contribution in [0.25, 0.3) is 11.3 Å². The van der Waals surface area contributed by atoms with Crippen LogP contribution in [0.5, 0.6) is 0 Å². The predicted molar refractivity (Wildman–Crippen MR) is 108 cm³/mol. The fourth-order valence-electron chi connectivity index (χ4n) is 3.62. The summed E-state index contributed by atoms with van der Waals surface area (Å²) in [5.41, 5.74) is 2.22. The summed E-state index contributed by atoms with van der Waals surface area (Å²) in [4.78, 5) is 16.9. The number of thioether (sulfide) groups is 1. The smallest absolute Gasteiger partial charge is 0.230 e. The van der Waals surface area contributed by atoms with Gasteiger partial charge in [-0.05, 0) is 44.1 Å². The minimum Gasteiger partial charge on any atom is -0.376 e. The second-order valence-corrected chi connectivity index (χ2v) is 8.46. The van der Waals surface area contributed by atoms with E-state index in [1.165, 1.54) is 24.6 Å². The highest BCUT2D eigenvalue weighted by Gasteiger charge is 2.29. The molecule has 6 heteroatoms. The van der Waals surface area contributed by atoms with Crippen molar-refractivity contribution in [2.75, 3.05) is 12.4 Å². The average Bonchev–Trinajstić information content (AvgIpc) is 3.28. The zero-order valence-electron chi connectivity index (χ0n) is 15.8. The lowest BCUT2D eigenvalue weighted by molar-refractivity contribution is -0.119. The van der Waals surface area contributed by atoms with Crippen LogP contribution in [-0.4, -0.2) is 40.0 Å². The van der Waals surface area contributed by atoms with Gasteiger partial charge in [0, 0.05) is 12.6 Å². The van der Waals surface area contributed by atoms with E-state index in [9.17, 15) is 4.79 Å². The Labute approximate surface area is 164 Å². The first-order valence-corrected chi connectivity index (χ1v) is 10.8. The van der Waals surface area contributed by atoms with E-state index in [1.54, 1.807) is 0 Å². The summed E-state index contributed by atoms with van der Waals surface area (Å²) >= 11 is 1.51. The summed E-state index contributed by atoms with van der Waals surface area (Å²) in [6.45, 7) is 3.72. The Balaban J connectivity index is 1.47. The van der Waals surface area contributed by atoms with Crippen LogP contribution >= 0.6 is 11.8 Å². The number of benzene rings is 1. The number of carbonyl (C=O) groups is 1. The molecule has 5 nitrogen and oxygen atoms in total. The molecule has 2 heterocycles. The number of carbonyl (C=O) groups excluding carboxylic acids is 1. The molecule has 4 rings (SSSR count). The topological polar surface area (TPSA) is 56.2 Å². The zero-order chi connectivity index (χ0) is 18.6. The third kappa shape index (κ3) is 4.74. The van der Waals surface area contributed by atoms with Gasteiger partial charge in [0.1, 0.15) is 0 Å². The third-order valence-corrected chi connectivity index (χ3v) is 6.34. The number of ether oxygens (including phenoxy) is 1. The maximum Gasteiger partial charge on any atom is 0.230 e. The molecule has 2 unspecified atom stereocenters. The number of amides is 1. The highest BCUT2D eigenvalue weighted by Crippen LogP contribution is 2.32. The van der Waals surface area contributed by atoms with Gasteiger partial charge in [0.05, 0.1) is 30.3 Å². The number of aromatic nitrogens is 2. The highest BCUT2D eigenvalue weighted by molar-refractivity contribution is 7.99. The van der Waals surface area contributed by atoms with E-state index in [1.807, 2.05) is 24.4 Å². The van der Waals surface area contributed by atoms with E-state index in [2.05, 4.69) is 33.9 Å². The Bertz CT molecular complexity index is 767. The first-order chi connectivity index (χ1) is 13.2. The molecule has 1 aromatic carbocycles. The molecule has 1 saturated heterocycles. The van der Waals surface area contributed by atoms with E-state index >= 15 is 0 Å². The van der Waals surface area contributed by atoms with Crippen LogP contribution in [0.2, 0.25) is 0 Å². The maximum absolute atomic E-state index is 12.3. The Kier molecular flexibility index (Phi) is 5.83. The second-order valence-electron chi connectivity index (χ2n) is 7.52. The summed E-state index contributed by atoms with van der Waals surface area (Å²) in [6, 6.07) is 10.6. The fourth-order valence-corrected chi connectivity index (χ4v) is 4.42. The number of rotatable bonds is 8. The number of nitrogens with zero attached hydrogens (tertiary/aromatic N) is 2. The Morgan fingerprint density at radius 2 is 2.15 bits per heavy atom. The zero-order valence-corrected chi connectivity index (χ0v) is 16.6. The summed E-state index contributed by atoms with van der Waals surface area (Å²) in [5, 5.41) is 4.01. The molecule has 2 aliphatic rings. The van der Waals surface area contributed by atoms with Crippen LogP contribution in [0.3, 0.4) is 0 Å². The normalized spacial score (nSPS) is 20.6. The quantitative estimate of drug-likeness (QED) is 0.704. The molecule has 1 aliphatic heterocycles. The molecule has 144 valence electrons. The van der Waals surface area contributed by atoms with Crippen molar-refractivity contribution in [3.8, 4) is 11.3 Å². The van der Waals surface area contributed by atoms with Crippen molar-refractivity contribution < 1.29 is 9.53 Å². The van der Waals surface area contributed by atoms with Crippen LogP contribution in [0.15, 0.2) is 41.7 Å². The van der Waals surface area contributed by atoms with Crippen LogP contribution < -0.4 is 5.32 Å². The Morgan fingerprint density at radius 3 is 2.85 bits per heavy atom. The molecule has 0 spiro atoms. The van der Waals surface area contributed by atoms with Gasteiger partial charge >= 0.3 is 0 Å². The summed E-state index contributed by atoms with van der Waals surface area (Å²) < 4.78 is 8.06. The molecule has 0 bridgehead atoms. The predicted octanol–water partition coefficient (Wildman–Crippen LogP) is 3.74. The number of imidazole rings is 1. The number of hydrogen-bond acceptors (Lipinski definition) is 4. The van der Waals surface area contributed by atoms with Crippen molar-refractivity contribution in [3.05, 3.63) is 36.5 Å². The molecule has 1 amide bonds. The minimum absolute atomic E-state index is 0.0901. The molecule has 2 fully saturated rings. The summed E-state index contributed by atoms with van der Waals surface area (Å²) in [6.07, 6.45) is 6.81. The van der Waals surface area contributed by atoms with Gasteiger partial charge in [0.15, 0.2) is 5.16 Å². The molecule has 1 N–H and O–H groups in total. The van der Waals surface area contributed by atoms with Crippen LogP contribution in [0.1, 0.15) is 32.6 Å². The molecular formula is C21H27N3O2S. The van der Waals surface area contributed by atoms with Crippen LogP contribution in [-0.2, 0) is 16.1 Å². The third-order valence-electron chi connectivity index (χ3n) is 5.35. The van der Waals surface area contributed by atoms with Gasteiger partial charge < -0.3 is 14.6 Å². The largest absolute Gasteiger partial charge is 0.376 e. The average molecular weight is 386 g/mol. The SMILES string of the molecule is CC(NC(=O)CSc1ncc(-c2ccccc2)n1CC1CCCO1)C1CC1. The maximum atomic E-state index is 12.3. The van der Waals surface area contributed by atoms with E-state index in [0.717, 1.165) is 42.4 Å². The van der Waals surface area contributed by atoms with Crippen molar-refractivity contribution in [1.29, 1.82) is 0 Å². The van der Waals surface area contributed by atoms with Crippen LogP contribution in [0.4, 0.5) is 0 Å². The number of nitrogens with one attached hydrogen (secondary N) is 1. The highest BCUT2D eigenvalue weighted by atomic mass is 32.2.